The predicted molar refractivity (Wildman–Crippen MR) is 55.2 cm³/mol. The molecule has 0 spiro atoms. The molecule has 0 radical (unpaired) electrons. The fraction of sp³-hybridized carbons (Fsp3) is 0.250. The molecular formula is C8H10Br2OZn. The Kier molecular flexibility index (Phi) is 7.65. The van der Waals surface area contributed by atoms with Gasteiger partial charge >= 0.3 is 83.4 Å². The van der Waals surface area contributed by atoms with Crippen LogP contribution >= 0.6 is 32.9 Å². The van der Waals surface area contributed by atoms with Gasteiger partial charge in [-0.25, -0.2) is 0 Å². The first kappa shape index (κ1) is 12.8. The zero-order valence-electron chi connectivity index (χ0n) is 6.92. The second kappa shape index (κ2) is 7.19. The average Bonchev–Trinajstić information content (AvgIpc) is 2.01. The Bertz CT molecular complexity index is 230. The van der Waals surface area contributed by atoms with Crippen molar-refractivity contribution in [1.82, 2.24) is 0 Å². The van der Waals surface area contributed by atoms with E-state index in [0.29, 0.717) is 0 Å². The van der Waals surface area contributed by atoms with Crippen molar-refractivity contribution in [3.05, 3.63) is 34.3 Å². The van der Waals surface area contributed by atoms with Crippen LogP contribution in [0.4, 0.5) is 0 Å². The fourth-order valence-electron chi connectivity index (χ4n) is 0.912. The molecule has 0 N–H and O–H groups in total. The summed E-state index contributed by atoms with van der Waals surface area (Å²) in [6.07, 6.45) is 0. The minimum absolute atomic E-state index is 0. The van der Waals surface area contributed by atoms with Crippen LogP contribution in [-0.4, -0.2) is 7.11 Å². The van der Waals surface area contributed by atoms with Gasteiger partial charge in [-0.1, -0.05) is 0 Å². The van der Waals surface area contributed by atoms with Gasteiger partial charge in [-0.2, -0.15) is 0 Å². The Morgan fingerprint density at radius 1 is 1.50 bits per heavy atom. The van der Waals surface area contributed by atoms with E-state index >= 15 is 0 Å². The van der Waals surface area contributed by atoms with Crippen LogP contribution in [-0.2, 0) is 26.1 Å². The Labute approximate surface area is 99.8 Å². The monoisotopic (exact) mass is 344 g/mol. The molecule has 0 aliphatic heterocycles. The summed E-state index contributed by atoms with van der Waals surface area (Å²) < 4.78 is 6.32. The van der Waals surface area contributed by atoms with Crippen LogP contribution in [0, 0.1) is 0 Å². The Morgan fingerprint density at radius 2 is 2.25 bits per heavy atom. The van der Waals surface area contributed by atoms with Gasteiger partial charge in [0, 0.05) is 0 Å². The Morgan fingerprint density at radius 3 is 2.83 bits per heavy atom. The van der Waals surface area contributed by atoms with Crippen LogP contribution in [0.1, 0.15) is 5.56 Å². The average molecular weight is 347 g/mol. The SMILES string of the molecule is Br.C[O][Zn][CH2]c1cccc(Br)c1. The van der Waals surface area contributed by atoms with Crippen LogP contribution in [0.5, 0.6) is 0 Å². The molecule has 0 aliphatic carbocycles. The molecule has 1 nitrogen and oxygen atoms in total. The number of hydrogen-bond donors (Lipinski definition) is 0. The quantitative estimate of drug-likeness (QED) is 0.763. The van der Waals surface area contributed by atoms with Gasteiger partial charge in [0.25, 0.3) is 0 Å². The van der Waals surface area contributed by atoms with Crippen molar-refractivity contribution in [3.63, 3.8) is 0 Å². The third-order valence-corrected chi connectivity index (χ3v) is 4.47. The molecule has 0 heterocycles. The Balaban J connectivity index is 0.00000121. The molecule has 1 aromatic rings. The van der Waals surface area contributed by atoms with Gasteiger partial charge in [0.15, 0.2) is 0 Å². The van der Waals surface area contributed by atoms with Gasteiger partial charge in [-0.3, -0.25) is 0 Å². The molecule has 0 amide bonds. The maximum atomic E-state index is 5.16. The van der Waals surface area contributed by atoms with E-state index in [2.05, 4.69) is 34.1 Å². The zero-order valence-corrected chi connectivity index (χ0v) is 13.2. The van der Waals surface area contributed by atoms with Crippen molar-refractivity contribution >= 4 is 32.9 Å². The molecule has 12 heavy (non-hydrogen) atoms. The summed E-state index contributed by atoms with van der Waals surface area (Å²) in [5, 5.41) is 1.17. The maximum absolute atomic E-state index is 5.16. The third-order valence-electron chi connectivity index (χ3n) is 1.48. The first-order valence-corrected chi connectivity index (χ1v) is 7.66. The summed E-state index contributed by atoms with van der Waals surface area (Å²) in [5.74, 6) is 0. The van der Waals surface area contributed by atoms with Crippen LogP contribution in [0.15, 0.2) is 28.7 Å². The van der Waals surface area contributed by atoms with E-state index in [9.17, 15) is 0 Å². The van der Waals surface area contributed by atoms with Crippen LogP contribution in [0.3, 0.4) is 0 Å². The fourth-order valence-corrected chi connectivity index (χ4v) is 2.93. The molecule has 1 aromatic carbocycles. The van der Waals surface area contributed by atoms with Gasteiger partial charge in [0.05, 0.1) is 0 Å². The van der Waals surface area contributed by atoms with Gasteiger partial charge in [-0.15, -0.1) is 17.0 Å². The van der Waals surface area contributed by atoms with Crippen LogP contribution in [0.2, 0.25) is 0 Å². The molecule has 1 rings (SSSR count). The molecule has 0 saturated carbocycles. The first-order chi connectivity index (χ1) is 5.33. The topological polar surface area (TPSA) is 9.23 Å². The summed E-state index contributed by atoms with van der Waals surface area (Å²) in [6, 6.07) is 8.42. The molecule has 64 valence electrons. The van der Waals surface area contributed by atoms with Crippen molar-refractivity contribution in [2.45, 2.75) is 5.02 Å². The minimum atomic E-state index is -0.699. The predicted octanol–water partition coefficient (Wildman–Crippen LogP) is 3.17. The van der Waals surface area contributed by atoms with Crippen molar-refractivity contribution in [3.8, 4) is 0 Å². The summed E-state index contributed by atoms with van der Waals surface area (Å²) in [6.45, 7) is 0. The van der Waals surface area contributed by atoms with Crippen LogP contribution < -0.4 is 0 Å². The van der Waals surface area contributed by atoms with E-state index in [1.54, 1.807) is 7.11 Å². The molecule has 0 aromatic heterocycles. The second-order valence-electron chi connectivity index (χ2n) is 2.37. The van der Waals surface area contributed by atoms with Crippen molar-refractivity contribution in [2.75, 3.05) is 7.11 Å². The van der Waals surface area contributed by atoms with Gasteiger partial charge < -0.3 is 0 Å². The molecule has 4 heteroatoms. The molecule has 0 aliphatic rings. The van der Waals surface area contributed by atoms with E-state index in [4.69, 9.17) is 3.56 Å². The van der Waals surface area contributed by atoms with Gasteiger partial charge in [-0.05, 0) is 0 Å². The van der Waals surface area contributed by atoms with Crippen molar-refractivity contribution in [1.29, 1.82) is 0 Å². The molecular weight excluding hydrogens is 337 g/mol. The molecule has 0 fully saturated rings. The molecule has 0 unspecified atom stereocenters. The Hall–Kier alpha value is 0.763. The summed E-state index contributed by atoms with van der Waals surface area (Å²) in [5.41, 5.74) is 1.39. The standard InChI is InChI=1S/C7H6Br.CH3O.BrH.Zn/c1-6-3-2-4-7(8)5-6;1-2;;/h2-5H,1H2;1H3;1H;/q;-1;;+1. The normalized spacial score (nSPS) is 8.50. The zero-order chi connectivity index (χ0) is 8.10. The summed E-state index contributed by atoms with van der Waals surface area (Å²) in [4.78, 5) is 0. The van der Waals surface area contributed by atoms with E-state index in [1.165, 1.54) is 10.6 Å². The van der Waals surface area contributed by atoms with Crippen molar-refractivity contribution < 1.29 is 21.1 Å². The van der Waals surface area contributed by atoms with E-state index in [-0.39, 0.29) is 17.0 Å². The third kappa shape index (κ3) is 4.71. The summed E-state index contributed by atoms with van der Waals surface area (Å²) in [7, 11) is 1.80. The second-order valence-corrected chi connectivity index (χ2v) is 6.41. The van der Waals surface area contributed by atoms with E-state index < -0.39 is 17.5 Å². The first-order valence-electron chi connectivity index (χ1n) is 3.56. The van der Waals surface area contributed by atoms with E-state index in [0.717, 1.165) is 4.47 Å². The molecule has 0 bridgehead atoms. The van der Waals surface area contributed by atoms with Gasteiger partial charge in [0.2, 0.25) is 0 Å². The number of hydrogen-bond acceptors (Lipinski definition) is 1. The summed E-state index contributed by atoms with van der Waals surface area (Å²) >= 11 is 2.74. The van der Waals surface area contributed by atoms with Crippen molar-refractivity contribution in [2.24, 2.45) is 0 Å². The van der Waals surface area contributed by atoms with Crippen LogP contribution in [0.25, 0.3) is 0 Å². The number of rotatable bonds is 3. The van der Waals surface area contributed by atoms with Gasteiger partial charge in [0.1, 0.15) is 0 Å². The van der Waals surface area contributed by atoms with E-state index in [1.807, 2.05) is 6.07 Å². The molecule has 0 atom stereocenters. The number of benzene rings is 1. The number of halogens is 2. The molecule has 0 saturated heterocycles.